The van der Waals surface area contributed by atoms with Crippen LogP contribution in [0.1, 0.15) is 24.2 Å². The van der Waals surface area contributed by atoms with E-state index < -0.39 is 5.97 Å². The summed E-state index contributed by atoms with van der Waals surface area (Å²) in [6.45, 7) is 3.37. The maximum atomic E-state index is 11.7. The van der Waals surface area contributed by atoms with E-state index in [0.29, 0.717) is 11.3 Å². The van der Waals surface area contributed by atoms with Crippen molar-refractivity contribution in [3.05, 3.63) is 29.8 Å². The van der Waals surface area contributed by atoms with Crippen LogP contribution in [0.4, 0.5) is 0 Å². The summed E-state index contributed by atoms with van der Waals surface area (Å²) in [6, 6.07) is 6.62. The molecule has 0 fully saturated rings. The van der Waals surface area contributed by atoms with Crippen LogP contribution in [0.25, 0.3) is 0 Å². The SMILES string of the molecule is COc1ccc(C(=O)NCC(=O)OC(C)C)cc1. The molecule has 0 aromatic heterocycles. The summed E-state index contributed by atoms with van der Waals surface area (Å²) in [6.07, 6.45) is -0.185. The Hall–Kier alpha value is -2.04. The minimum absolute atomic E-state index is 0.136. The van der Waals surface area contributed by atoms with Gasteiger partial charge in [0.25, 0.3) is 5.91 Å². The average Bonchev–Trinajstić information content (AvgIpc) is 2.35. The summed E-state index contributed by atoms with van der Waals surface area (Å²) in [5.41, 5.74) is 0.466. The van der Waals surface area contributed by atoms with Crippen molar-refractivity contribution in [1.82, 2.24) is 5.32 Å². The van der Waals surface area contributed by atoms with Gasteiger partial charge < -0.3 is 14.8 Å². The highest BCUT2D eigenvalue weighted by Gasteiger charge is 2.09. The van der Waals surface area contributed by atoms with Crippen LogP contribution >= 0.6 is 0 Å². The van der Waals surface area contributed by atoms with Gasteiger partial charge in [-0.2, -0.15) is 0 Å². The fourth-order valence-electron chi connectivity index (χ4n) is 1.30. The second-order valence-corrected chi connectivity index (χ2v) is 3.95. The predicted molar refractivity (Wildman–Crippen MR) is 66.6 cm³/mol. The van der Waals surface area contributed by atoms with Crippen LogP contribution < -0.4 is 10.1 Å². The van der Waals surface area contributed by atoms with Gasteiger partial charge in [-0.3, -0.25) is 9.59 Å². The highest BCUT2D eigenvalue weighted by atomic mass is 16.5. The van der Waals surface area contributed by atoms with E-state index in [1.165, 1.54) is 0 Å². The first-order valence-corrected chi connectivity index (χ1v) is 5.64. The Morgan fingerprint density at radius 2 is 1.83 bits per heavy atom. The van der Waals surface area contributed by atoms with Crippen LogP contribution in [0.15, 0.2) is 24.3 Å². The first-order valence-electron chi connectivity index (χ1n) is 5.64. The van der Waals surface area contributed by atoms with Gasteiger partial charge in [0.1, 0.15) is 12.3 Å². The number of carbonyl (C=O) groups is 2. The van der Waals surface area contributed by atoms with Crippen LogP contribution in [0.2, 0.25) is 0 Å². The lowest BCUT2D eigenvalue weighted by molar-refractivity contribution is -0.146. The fraction of sp³-hybridized carbons (Fsp3) is 0.385. The van der Waals surface area contributed by atoms with Crippen molar-refractivity contribution < 1.29 is 19.1 Å². The molecule has 1 amide bonds. The number of esters is 1. The number of nitrogens with one attached hydrogen (secondary N) is 1. The highest BCUT2D eigenvalue weighted by molar-refractivity contribution is 5.96. The Morgan fingerprint density at radius 3 is 2.33 bits per heavy atom. The summed E-state index contributed by atoms with van der Waals surface area (Å²) in [5, 5.41) is 2.49. The molecule has 1 aromatic rings. The number of hydrogen-bond acceptors (Lipinski definition) is 4. The number of rotatable bonds is 5. The van der Waals surface area contributed by atoms with E-state index in [2.05, 4.69) is 5.32 Å². The Morgan fingerprint density at radius 1 is 1.22 bits per heavy atom. The molecule has 0 saturated carbocycles. The second kappa shape index (κ2) is 6.64. The van der Waals surface area contributed by atoms with Gasteiger partial charge in [0, 0.05) is 5.56 Å². The van der Waals surface area contributed by atoms with Crippen molar-refractivity contribution in [3.8, 4) is 5.75 Å². The number of methoxy groups -OCH3 is 1. The zero-order valence-electron chi connectivity index (χ0n) is 10.7. The molecule has 5 heteroatoms. The van der Waals surface area contributed by atoms with E-state index in [1.807, 2.05) is 0 Å². The third-order valence-electron chi connectivity index (χ3n) is 2.11. The molecule has 0 unspecified atom stereocenters. The van der Waals surface area contributed by atoms with Gasteiger partial charge in [0.15, 0.2) is 0 Å². The number of benzene rings is 1. The van der Waals surface area contributed by atoms with Crippen LogP contribution in [0.5, 0.6) is 5.75 Å². The van der Waals surface area contributed by atoms with E-state index >= 15 is 0 Å². The highest BCUT2D eigenvalue weighted by Crippen LogP contribution is 2.10. The topological polar surface area (TPSA) is 64.6 Å². The Bertz CT molecular complexity index is 412. The molecule has 0 aliphatic carbocycles. The molecule has 0 aliphatic rings. The maximum absolute atomic E-state index is 11.7. The molecule has 98 valence electrons. The minimum atomic E-state index is -0.452. The van der Waals surface area contributed by atoms with Crippen LogP contribution in [0, 0.1) is 0 Å². The Labute approximate surface area is 106 Å². The second-order valence-electron chi connectivity index (χ2n) is 3.95. The standard InChI is InChI=1S/C13H17NO4/c1-9(2)18-12(15)8-14-13(16)10-4-6-11(17-3)7-5-10/h4-7,9H,8H2,1-3H3,(H,14,16). The molecule has 18 heavy (non-hydrogen) atoms. The third-order valence-corrected chi connectivity index (χ3v) is 2.11. The van der Waals surface area contributed by atoms with Crippen LogP contribution in [-0.4, -0.2) is 31.6 Å². The molecular weight excluding hydrogens is 234 g/mol. The van der Waals surface area contributed by atoms with Crippen molar-refractivity contribution in [2.75, 3.05) is 13.7 Å². The lowest BCUT2D eigenvalue weighted by Crippen LogP contribution is -2.31. The van der Waals surface area contributed by atoms with Crippen molar-refractivity contribution in [2.24, 2.45) is 0 Å². The summed E-state index contributed by atoms with van der Waals surface area (Å²) in [4.78, 5) is 22.9. The first-order chi connectivity index (χ1) is 8.52. The summed E-state index contributed by atoms with van der Waals surface area (Å²) in [7, 11) is 1.55. The fourth-order valence-corrected chi connectivity index (χ4v) is 1.30. The van der Waals surface area contributed by atoms with Crippen molar-refractivity contribution in [2.45, 2.75) is 20.0 Å². The van der Waals surface area contributed by atoms with Gasteiger partial charge >= 0.3 is 5.97 Å². The number of amides is 1. The third kappa shape index (κ3) is 4.45. The van der Waals surface area contributed by atoms with Gasteiger partial charge in [0.2, 0.25) is 0 Å². The van der Waals surface area contributed by atoms with E-state index in [1.54, 1.807) is 45.2 Å². The molecular formula is C13H17NO4. The zero-order chi connectivity index (χ0) is 13.5. The van der Waals surface area contributed by atoms with Gasteiger partial charge in [0.05, 0.1) is 13.2 Å². The van der Waals surface area contributed by atoms with Crippen LogP contribution in [-0.2, 0) is 9.53 Å². The van der Waals surface area contributed by atoms with Gasteiger partial charge in [-0.1, -0.05) is 0 Å². The quantitative estimate of drug-likeness (QED) is 0.803. The average molecular weight is 251 g/mol. The van der Waals surface area contributed by atoms with Gasteiger partial charge in [-0.05, 0) is 38.1 Å². The molecule has 5 nitrogen and oxygen atoms in total. The van der Waals surface area contributed by atoms with Gasteiger partial charge in [-0.25, -0.2) is 0 Å². The summed E-state index contributed by atoms with van der Waals surface area (Å²) in [5.74, 6) is -0.101. The minimum Gasteiger partial charge on any atom is -0.497 e. The van der Waals surface area contributed by atoms with E-state index in [0.717, 1.165) is 0 Å². The van der Waals surface area contributed by atoms with E-state index in [9.17, 15) is 9.59 Å². The van der Waals surface area contributed by atoms with Gasteiger partial charge in [-0.15, -0.1) is 0 Å². The number of carbonyl (C=O) groups excluding carboxylic acids is 2. The maximum Gasteiger partial charge on any atom is 0.325 e. The molecule has 1 N–H and O–H groups in total. The van der Waals surface area contributed by atoms with E-state index in [-0.39, 0.29) is 18.6 Å². The number of ether oxygens (including phenoxy) is 2. The molecule has 0 spiro atoms. The summed E-state index contributed by atoms with van der Waals surface area (Å²) >= 11 is 0. The molecule has 0 atom stereocenters. The molecule has 0 saturated heterocycles. The first kappa shape index (κ1) is 14.0. The largest absolute Gasteiger partial charge is 0.497 e. The predicted octanol–water partition coefficient (Wildman–Crippen LogP) is 1.38. The zero-order valence-corrected chi connectivity index (χ0v) is 10.7. The van der Waals surface area contributed by atoms with E-state index in [4.69, 9.17) is 9.47 Å². The van der Waals surface area contributed by atoms with Crippen LogP contribution in [0.3, 0.4) is 0 Å². The lowest BCUT2D eigenvalue weighted by atomic mass is 10.2. The Balaban J connectivity index is 2.47. The smallest absolute Gasteiger partial charge is 0.325 e. The molecule has 0 aliphatic heterocycles. The van der Waals surface area contributed by atoms with Crippen molar-refractivity contribution in [1.29, 1.82) is 0 Å². The normalized spacial score (nSPS) is 10.0. The monoisotopic (exact) mass is 251 g/mol. The molecule has 1 rings (SSSR count). The molecule has 0 heterocycles. The lowest BCUT2D eigenvalue weighted by Gasteiger charge is -2.09. The molecule has 1 aromatic carbocycles. The van der Waals surface area contributed by atoms with Crippen molar-refractivity contribution >= 4 is 11.9 Å². The number of hydrogen-bond donors (Lipinski definition) is 1. The Kier molecular flexibility index (Phi) is 5.17. The molecule has 0 bridgehead atoms. The summed E-state index contributed by atoms with van der Waals surface area (Å²) < 4.78 is 9.88. The van der Waals surface area contributed by atoms with Crippen molar-refractivity contribution in [3.63, 3.8) is 0 Å². The molecule has 0 radical (unpaired) electrons.